The first-order valence-corrected chi connectivity index (χ1v) is 9.40. The molecular weight excluding hydrogens is 329 g/mol. The molecular formula is C21H24FN3O. The van der Waals surface area contributed by atoms with Crippen molar-refractivity contribution in [2.75, 3.05) is 25.0 Å². The third-order valence-electron chi connectivity index (χ3n) is 5.58. The van der Waals surface area contributed by atoms with E-state index in [2.05, 4.69) is 22.4 Å². The van der Waals surface area contributed by atoms with Gasteiger partial charge in [0.05, 0.1) is 0 Å². The third-order valence-corrected chi connectivity index (χ3v) is 5.58. The molecule has 2 aromatic rings. The molecule has 1 aromatic heterocycles. The number of nitrogens with zero attached hydrogens (tertiary/aromatic N) is 2. The molecule has 0 bridgehead atoms. The van der Waals surface area contributed by atoms with Crippen LogP contribution in [0.25, 0.3) is 0 Å². The van der Waals surface area contributed by atoms with E-state index in [9.17, 15) is 9.18 Å². The minimum absolute atomic E-state index is 0.162. The Bertz CT molecular complexity index is 759. The molecule has 2 atom stereocenters. The monoisotopic (exact) mass is 353 g/mol. The quantitative estimate of drug-likeness (QED) is 0.892. The lowest BCUT2D eigenvalue weighted by Crippen LogP contribution is -2.40. The lowest BCUT2D eigenvalue weighted by atomic mass is 9.96. The normalized spacial score (nSPS) is 22.9. The molecule has 1 aliphatic heterocycles. The minimum atomic E-state index is -0.319. The highest BCUT2D eigenvalue weighted by molar-refractivity contribution is 5.83. The summed E-state index contributed by atoms with van der Waals surface area (Å²) < 4.78 is 13.6. The molecule has 2 heterocycles. The molecule has 26 heavy (non-hydrogen) atoms. The molecule has 4 nitrogen and oxygen atoms in total. The summed E-state index contributed by atoms with van der Waals surface area (Å²) in [5.74, 6) is 1.31. The summed E-state index contributed by atoms with van der Waals surface area (Å²) in [6.45, 7) is 2.30. The van der Waals surface area contributed by atoms with E-state index in [0.29, 0.717) is 30.1 Å². The number of aromatic nitrogens is 1. The van der Waals surface area contributed by atoms with E-state index in [0.717, 1.165) is 32.4 Å². The summed E-state index contributed by atoms with van der Waals surface area (Å²) >= 11 is 0. The van der Waals surface area contributed by atoms with Crippen LogP contribution in [0.3, 0.4) is 0 Å². The van der Waals surface area contributed by atoms with Gasteiger partial charge >= 0.3 is 0 Å². The molecule has 1 aromatic carbocycles. The zero-order chi connectivity index (χ0) is 17.9. The maximum Gasteiger partial charge on any atom is 0.226 e. The highest BCUT2D eigenvalue weighted by atomic mass is 19.1. The fourth-order valence-electron chi connectivity index (χ4n) is 3.89. The number of benzene rings is 1. The van der Waals surface area contributed by atoms with Crippen LogP contribution in [-0.2, 0) is 4.79 Å². The summed E-state index contributed by atoms with van der Waals surface area (Å²) in [7, 11) is 0. The standard InChI is InChI=1S/C21H24FN3O/c22-19-7-4-10-23-20(19)24-14-15-8-11-25(12-9-15)21(26)18-13-17(18)16-5-2-1-3-6-16/h1-7,10,15,17-18H,8-9,11-14H2,(H,23,24). The number of hydrogen-bond acceptors (Lipinski definition) is 3. The summed E-state index contributed by atoms with van der Waals surface area (Å²) in [6.07, 6.45) is 4.47. The zero-order valence-corrected chi connectivity index (χ0v) is 14.8. The summed E-state index contributed by atoms with van der Waals surface area (Å²) in [6, 6.07) is 13.3. The van der Waals surface area contributed by atoms with Crippen LogP contribution in [0.15, 0.2) is 48.7 Å². The Morgan fingerprint density at radius 2 is 1.92 bits per heavy atom. The Morgan fingerprint density at radius 1 is 1.15 bits per heavy atom. The topological polar surface area (TPSA) is 45.2 Å². The summed E-state index contributed by atoms with van der Waals surface area (Å²) in [5, 5.41) is 3.10. The first kappa shape index (κ1) is 17.0. The van der Waals surface area contributed by atoms with Crippen molar-refractivity contribution in [1.29, 1.82) is 0 Å². The number of pyridine rings is 1. The number of likely N-dealkylation sites (tertiary alicyclic amines) is 1. The van der Waals surface area contributed by atoms with Gasteiger partial charge in [-0.3, -0.25) is 4.79 Å². The van der Waals surface area contributed by atoms with Crippen molar-refractivity contribution in [1.82, 2.24) is 9.88 Å². The van der Waals surface area contributed by atoms with Gasteiger partial charge in [0.2, 0.25) is 5.91 Å². The Labute approximate surface area is 153 Å². The Kier molecular flexibility index (Phi) is 4.87. The lowest BCUT2D eigenvalue weighted by molar-refractivity contribution is -0.134. The number of anilines is 1. The molecule has 2 unspecified atom stereocenters. The van der Waals surface area contributed by atoms with Crippen LogP contribution < -0.4 is 5.32 Å². The van der Waals surface area contributed by atoms with Crippen molar-refractivity contribution >= 4 is 11.7 Å². The second-order valence-electron chi connectivity index (χ2n) is 7.34. The number of halogens is 1. The molecule has 1 amide bonds. The first-order valence-electron chi connectivity index (χ1n) is 9.40. The molecule has 2 aliphatic rings. The predicted molar refractivity (Wildman–Crippen MR) is 99.3 cm³/mol. The largest absolute Gasteiger partial charge is 0.367 e. The highest BCUT2D eigenvalue weighted by Gasteiger charge is 2.46. The van der Waals surface area contributed by atoms with E-state index >= 15 is 0 Å². The van der Waals surface area contributed by atoms with Crippen molar-refractivity contribution < 1.29 is 9.18 Å². The van der Waals surface area contributed by atoms with Gasteiger partial charge < -0.3 is 10.2 Å². The molecule has 0 spiro atoms. The van der Waals surface area contributed by atoms with Gasteiger partial charge in [-0.05, 0) is 48.8 Å². The molecule has 5 heteroatoms. The average Bonchev–Trinajstić information content (AvgIpc) is 3.49. The van der Waals surface area contributed by atoms with Gasteiger partial charge in [0.1, 0.15) is 0 Å². The van der Waals surface area contributed by atoms with Crippen molar-refractivity contribution in [2.45, 2.75) is 25.2 Å². The number of amides is 1. The maximum atomic E-state index is 13.6. The van der Waals surface area contributed by atoms with Gasteiger partial charge in [-0.25, -0.2) is 9.37 Å². The molecule has 0 radical (unpaired) electrons. The smallest absolute Gasteiger partial charge is 0.226 e. The number of piperidine rings is 1. The van der Waals surface area contributed by atoms with Crippen LogP contribution in [-0.4, -0.2) is 35.4 Å². The lowest BCUT2D eigenvalue weighted by Gasteiger charge is -2.32. The minimum Gasteiger partial charge on any atom is -0.367 e. The van der Waals surface area contributed by atoms with Crippen molar-refractivity contribution in [2.24, 2.45) is 11.8 Å². The maximum absolute atomic E-state index is 13.6. The van der Waals surface area contributed by atoms with E-state index in [1.54, 1.807) is 12.3 Å². The fraction of sp³-hybridized carbons (Fsp3) is 0.429. The SMILES string of the molecule is O=C(C1CC1c1ccccc1)N1CCC(CNc2ncccc2F)CC1. The molecule has 4 rings (SSSR count). The van der Waals surface area contributed by atoms with E-state index < -0.39 is 0 Å². The van der Waals surface area contributed by atoms with Crippen LogP contribution >= 0.6 is 0 Å². The Balaban J connectivity index is 1.24. The van der Waals surface area contributed by atoms with Crippen LogP contribution in [0.5, 0.6) is 0 Å². The Hall–Kier alpha value is -2.43. The first-order chi connectivity index (χ1) is 12.7. The van der Waals surface area contributed by atoms with E-state index in [-0.39, 0.29) is 11.7 Å². The Morgan fingerprint density at radius 3 is 2.65 bits per heavy atom. The number of rotatable bonds is 5. The van der Waals surface area contributed by atoms with Crippen LogP contribution in [0.1, 0.15) is 30.7 Å². The van der Waals surface area contributed by atoms with Gasteiger partial charge in [-0.2, -0.15) is 0 Å². The number of nitrogens with one attached hydrogen (secondary N) is 1. The second-order valence-corrected chi connectivity index (χ2v) is 7.34. The van der Waals surface area contributed by atoms with Crippen molar-refractivity contribution in [3.8, 4) is 0 Å². The fourth-order valence-corrected chi connectivity index (χ4v) is 3.89. The second kappa shape index (κ2) is 7.44. The molecule has 1 saturated heterocycles. The molecule has 1 saturated carbocycles. The number of carbonyl (C=O) groups excluding carboxylic acids is 1. The third kappa shape index (κ3) is 3.71. The van der Waals surface area contributed by atoms with Crippen LogP contribution in [0.2, 0.25) is 0 Å². The van der Waals surface area contributed by atoms with E-state index in [4.69, 9.17) is 0 Å². The van der Waals surface area contributed by atoms with Crippen LogP contribution in [0, 0.1) is 17.7 Å². The summed E-state index contributed by atoms with van der Waals surface area (Å²) in [4.78, 5) is 18.8. The predicted octanol–water partition coefficient (Wildman–Crippen LogP) is 3.67. The van der Waals surface area contributed by atoms with Crippen molar-refractivity contribution in [3.63, 3.8) is 0 Å². The van der Waals surface area contributed by atoms with Crippen LogP contribution in [0.4, 0.5) is 10.2 Å². The zero-order valence-electron chi connectivity index (χ0n) is 14.8. The van der Waals surface area contributed by atoms with Gasteiger partial charge in [-0.15, -0.1) is 0 Å². The number of hydrogen-bond donors (Lipinski definition) is 1. The average molecular weight is 353 g/mol. The molecule has 1 aliphatic carbocycles. The van der Waals surface area contributed by atoms with E-state index in [1.807, 2.05) is 23.1 Å². The van der Waals surface area contributed by atoms with Gasteiger partial charge in [0, 0.05) is 31.7 Å². The molecule has 136 valence electrons. The number of carbonyl (C=O) groups is 1. The molecule has 2 fully saturated rings. The van der Waals surface area contributed by atoms with Gasteiger partial charge in [0.25, 0.3) is 0 Å². The molecule has 1 N–H and O–H groups in total. The van der Waals surface area contributed by atoms with E-state index in [1.165, 1.54) is 11.6 Å². The van der Waals surface area contributed by atoms with Crippen molar-refractivity contribution in [3.05, 3.63) is 60.0 Å². The summed E-state index contributed by atoms with van der Waals surface area (Å²) in [5.41, 5.74) is 1.28. The van der Waals surface area contributed by atoms with Gasteiger partial charge in [0.15, 0.2) is 11.6 Å². The highest BCUT2D eigenvalue weighted by Crippen LogP contribution is 2.48. The van der Waals surface area contributed by atoms with Gasteiger partial charge in [-0.1, -0.05) is 30.3 Å².